The van der Waals surface area contributed by atoms with E-state index in [4.69, 9.17) is 4.52 Å². The largest absolute Gasteiger partial charge is 0.351 e. The number of aromatic nitrogens is 3. The molecule has 4 rings (SSSR count). The van der Waals surface area contributed by atoms with Crippen molar-refractivity contribution in [2.75, 3.05) is 13.6 Å². The number of nitrogens with zero attached hydrogens (tertiary/aromatic N) is 3. The zero-order valence-corrected chi connectivity index (χ0v) is 16.0. The number of nitrogens with one attached hydrogen (secondary N) is 1. The van der Waals surface area contributed by atoms with Gasteiger partial charge in [-0.2, -0.15) is 4.98 Å². The van der Waals surface area contributed by atoms with Gasteiger partial charge in [-0.25, -0.2) is 0 Å². The highest BCUT2D eigenvalue weighted by atomic mass is 16.5. The summed E-state index contributed by atoms with van der Waals surface area (Å²) in [7, 11) is 1.79. The number of hydrogen-bond acceptors (Lipinski definition) is 4. The van der Waals surface area contributed by atoms with E-state index in [0.29, 0.717) is 30.2 Å². The Balaban J connectivity index is 1.40. The maximum absolute atomic E-state index is 12.5. The molecule has 0 aliphatic heterocycles. The molecule has 0 atom stereocenters. The lowest BCUT2D eigenvalue weighted by atomic mass is 10.1. The Morgan fingerprint density at radius 2 is 1.93 bits per heavy atom. The highest BCUT2D eigenvalue weighted by molar-refractivity contribution is 5.94. The van der Waals surface area contributed by atoms with Crippen LogP contribution in [0.3, 0.4) is 0 Å². The van der Waals surface area contributed by atoms with E-state index in [9.17, 15) is 4.79 Å². The number of fused-ring (bicyclic) bond motifs is 1. The zero-order valence-electron chi connectivity index (χ0n) is 16.0. The molecule has 0 bridgehead atoms. The van der Waals surface area contributed by atoms with Gasteiger partial charge in [-0.15, -0.1) is 0 Å². The maximum Gasteiger partial charge on any atom is 0.274 e. The van der Waals surface area contributed by atoms with Crippen LogP contribution in [0, 0.1) is 0 Å². The van der Waals surface area contributed by atoms with E-state index >= 15 is 0 Å². The van der Waals surface area contributed by atoms with Crippen LogP contribution in [0.1, 0.15) is 28.7 Å². The van der Waals surface area contributed by atoms with Gasteiger partial charge in [0.2, 0.25) is 0 Å². The summed E-state index contributed by atoms with van der Waals surface area (Å²) in [4.78, 5) is 22.0. The molecule has 6 heteroatoms. The second kappa shape index (κ2) is 7.68. The van der Waals surface area contributed by atoms with E-state index in [1.54, 1.807) is 11.9 Å². The SMILES string of the molecule is CCc1ccc(C(=O)N(C)CCc2noc(-c3cc4ccccc4[nH]3)n2)cc1. The molecule has 2 aromatic carbocycles. The number of para-hydroxylation sites is 1. The monoisotopic (exact) mass is 374 g/mol. The number of aryl methyl sites for hydroxylation is 1. The average molecular weight is 374 g/mol. The van der Waals surface area contributed by atoms with Crippen LogP contribution in [-0.2, 0) is 12.8 Å². The van der Waals surface area contributed by atoms with Gasteiger partial charge in [-0.3, -0.25) is 4.79 Å². The van der Waals surface area contributed by atoms with Crippen molar-refractivity contribution in [3.63, 3.8) is 0 Å². The Kier molecular flexibility index (Phi) is 4.93. The van der Waals surface area contributed by atoms with Gasteiger partial charge >= 0.3 is 0 Å². The summed E-state index contributed by atoms with van der Waals surface area (Å²) < 4.78 is 5.39. The molecule has 2 heterocycles. The van der Waals surface area contributed by atoms with E-state index < -0.39 is 0 Å². The van der Waals surface area contributed by atoms with Crippen molar-refractivity contribution in [1.82, 2.24) is 20.0 Å². The van der Waals surface area contributed by atoms with Crippen LogP contribution >= 0.6 is 0 Å². The summed E-state index contributed by atoms with van der Waals surface area (Å²) in [5, 5.41) is 5.14. The van der Waals surface area contributed by atoms with Crippen molar-refractivity contribution in [2.45, 2.75) is 19.8 Å². The first-order valence-electron chi connectivity index (χ1n) is 9.39. The fourth-order valence-electron chi connectivity index (χ4n) is 3.13. The molecule has 0 spiro atoms. The molecule has 0 saturated carbocycles. The molecule has 1 N–H and O–H groups in total. The fraction of sp³-hybridized carbons (Fsp3) is 0.227. The van der Waals surface area contributed by atoms with Gasteiger partial charge in [0.05, 0.1) is 0 Å². The molecular weight excluding hydrogens is 352 g/mol. The molecule has 0 aliphatic carbocycles. The second-order valence-electron chi connectivity index (χ2n) is 6.81. The molecule has 0 unspecified atom stereocenters. The van der Waals surface area contributed by atoms with Gasteiger partial charge in [0.15, 0.2) is 5.82 Å². The zero-order chi connectivity index (χ0) is 19.5. The number of aromatic amines is 1. The van der Waals surface area contributed by atoms with Gasteiger partial charge in [-0.1, -0.05) is 42.4 Å². The molecule has 0 fully saturated rings. The Labute approximate surface area is 163 Å². The van der Waals surface area contributed by atoms with Crippen LogP contribution in [0.4, 0.5) is 0 Å². The van der Waals surface area contributed by atoms with Crippen molar-refractivity contribution in [3.8, 4) is 11.6 Å². The Morgan fingerprint density at radius 3 is 2.68 bits per heavy atom. The molecule has 0 radical (unpaired) electrons. The molecule has 0 saturated heterocycles. The number of likely N-dealkylation sites (N-methyl/N-ethyl adjacent to an activating group) is 1. The Bertz CT molecular complexity index is 1060. The lowest BCUT2D eigenvalue weighted by molar-refractivity contribution is 0.0796. The summed E-state index contributed by atoms with van der Waals surface area (Å²) >= 11 is 0. The number of H-pyrrole nitrogens is 1. The summed E-state index contributed by atoms with van der Waals surface area (Å²) in [5.74, 6) is 1.02. The number of rotatable bonds is 6. The third kappa shape index (κ3) is 3.67. The number of hydrogen-bond donors (Lipinski definition) is 1. The standard InChI is InChI=1S/C22H22N4O2/c1-3-15-8-10-16(11-9-15)22(27)26(2)13-12-20-24-21(28-25-20)19-14-17-6-4-5-7-18(17)23-19/h4-11,14,23H,3,12-13H2,1-2H3. The smallest absolute Gasteiger partial charge is 0.274 e. The van der Waals surface area contributed by atoms with E-state index in [0.717, 1.165) is 23.0 Å². The van der Waals surface area contributed by atoms with E-state index in [1.807, 2.05) is 54.6 Å². The van der Waals surface area contributed by atoms with Crippen LogP contribution in [-0.4, -0.2) is 39.5 Å². The van der Waals surface area contributed by atoms with E-state index in [-0.39, 0.29) is 5.91 Å². The normalized spacial score (nSPS) is 11.1. The van der Waals surface area contributed by atoms with Gasteiger partial charge in [0.1, 0.15) is 5.69 Å². The first-order chi connectivity index (χ1) is 13.6. The number of amides is 1. The lowest BCUT2D eigenvalue weighted by Crippen LogP contribution is -2.29. The molecule has 1 amide bonds. The van der Waals surface area contributed by atoms with Gasteiger partial charge in [-0.05, 0) is 36.2 Å². The van der Waals surface area contributed by atoms with Gasteiger partial charge < -0.3 is 14.4 Å². The maximum atomic E-state index is 12.5. The van der Waals surface area contributed by atoms with E-state index in [2.05, 4.69) is 22.0 Å². The number of benzene rings is 2. The van der Waals surface area contributed by atoms with Crippen LogP contribution in [0.2, 0.25) is 0 Å². The first kappa shape index (κ1) is 18.0. The predicted molar refractivity (Wildman–Crippen MR) is 108 cm³/mol. The molecule has 2 aromatic heterocycles. The second-order valence-corrected chi connectivity index (χ2v) is 6.81. The third-order valence-corrected chi connectivity index (χ3v) is 4.86. The molecule has 142 valence electrons. The van der Waals surface area contributed by atoms with Crippen LogP contribution in [0.15, 0.2) is 59.1 Å². The predicted octanol–water partition coefficient (Wildman–Crippen LogP) is 4.10. The highest BCUT2D eigenvalue weighted by Gasteiger charge is 2.15. The van der Waals surface area contributed by atoms with Crippen molar-refractivity contribution in [3.05, 3.63) is 71.5 Å². The molecule has 4 aromatic rings. The molecule has 0 aliphatic rings. The summed E-state index contributed by atoms with van der Waals surface area (Å²) in [5.41, 5.74) is 3.72. The molecule has 6 nitrogen and oxygen atoms in total. The van der Waals surface area contributed by atoms with Gasteiger partial charge in [0, 0.05) is 36.5 Å². The minimum atomic E-state index is -0.0120. The number of carbonyl (C=O) groups is 1. The summed E-state index contributed by atoms with van der Waals surface area (Å²) in [6.45, 7) is 2.61. The first-order valence-corrected chi connectivity index (χ1v) is 9.39. The topological polar surface area (TPSA) is 75.0 Å². The number of carbonyl (C=O) groups excluding carboxylic acids is 1. The molecular formula is C22H22N4O2. The van der Waals surface area contributed by atoms with Crippen molar-refractivity contribution in [1.29, 1.82) is 0 Å². The molecule has 28 heavy (non-hydrogen) atoms. The van der Waals surface area contributed by atoms with Crippen molar-refractivity contribution in [2.24, 2.45) is 0 Å². The van der Waals surface area contributed by atoms with Crippen molar-refractivity contribution < 1.29 is 9.32 Å². The van der Waals surface area contributed by atoms with Gasteiger partial charge in [0.25, 0.3) is 11.8 Å². The summed E-state index contributed by atoms with van der Waals surface area (Å²) in [6.07, 6.45) is 1.49. The minimum Gasteiger partial charge on any atom is -0.351 e. The summed E-state index contributed by atoms with van der Waals surface area (Å²) in [6, 6.07) is 17.7. The minimum absolute atomic E-state index is 0.0120. The average Bonchev–Trinajstić information content (AvgIpc) is 3.38. The van der Waals surface area contributed by atoms with Crippen LogP contribution in [0.25, 0.3) is 22.5 Å². The quantitative estimate of drug-likeness (QED) is 0.551. The highest BCUT2D eigenvalue weighted by Crippen LogP contribution is 2.22. The van der Waals surface area contributed by atoms with E-state index in [1.165, 1.54) is 5.56 Å². The van der Waals surface area contributed by atoms with Crippen LogP contribution in [0.5, 0.6) is 0 Å². The Morgan fingerprint density at radius 1 is 1.14 bits per heavy atom. The van der Waals surface area contributed by atoms with Crippen LogP contribution < -0.4 is 0 Å². The van der Waals surface area contributed by atoms with Crippen molar-refractivity contribution >= 4 is 16.8 Å². The third-order valence-electron chi connectivity index (χ3n) is 4.86. The lowest BCUT2D eigenvalue weighted by Gasteiger charge is -2.16. The fourth-order valence-corrected chi connectivity index (χ4v) is 3.13. The Hall–Kier alpha value is -3.41.